The Labute approximate surface area is 102 Å². The predicted molar refractivity (Wildman–Crippen MR) is 56.0 cm³/mol. The molecule has 0 saturated carbocycles. The molecular weight excluding hydrogens is 271 g/mol. The van der Waals surface area contributed by atoms with Crippen molar-refractivity contribution in [3.8, 4) is 11.3 Å². The molecule has 0 spiro atoms. The summed E-state index contributed by atoms with van der Waals surface area (Å²) in [5, 5.41) is 3.23. The fraction of sp³-hybridized carbons (Fsp3) is 0.100. The molecular formula is C10H6F3NO3S. The van der Waals surface area contributed by atoms with Gasteiger partial charge >= 0.3 is 6.18 Å². The second-order valence-electron chi connectivity index (χ2n) is 3.36. The van der Waals surface area contributed by atoms with Gasteiger partial charge in [-0.15, -0.1) is 0 Å². The van der Waals surface area contributed by atoms with Gasteiger partial charge in [0.1, 0.15) is 5.69 Å². The monoisotopic (exact) mass is 277 g/mol. The number of hydrogen-bond donors (Lipinski definition) is 1. The minimum atomic E-state index is -4.40. The molecule has 2 rings (SSSR count). The predicted octanol–water partition coefficient (Wildman–Crippen LogP) is 2.94. The third-order valence-corrected chi connectivity index (χ3v) is 2.71. The van der Waals surface area contributed by atoms with Gasteiger partial charge in [-0.25, -0.2) is 4.21 Å². The van der Waals surface area contributed by atoms with Gasteiger partial charge in [-0.05, 0) is 12.1 Å². The lowest BCUT2D eigenvalue weighted by molar-refractivity contribution is -0.137. The van der Waals surface area contributed by atoms with Gasteiger partial charge < -0.3 is 4.52 Å². The molecule has 0 fully saturated rings. The van der Waals surface area contributed by atoms with Crippen LogP contribution in [0.25, 0.3) is 11.3 Å². The zero-order valence-electron chi connectivity index (χ0n) is 8.64. The fourth-order valence-corrected chi connectivity index (χ4v) is 1.62. The Morgan fingerprint density at radius 1 is 1.22 bits per heavy atom. The van der Waals surface area contributed by atoms with E-state index in [4.69, 9.17) is 4.55 Å². The summed E-state index contributed by atoms with van der Waals surface area (Å²) >= 11 is -2.31. The molecule has 0 aliphatic heterocycles. The van der Waals surface area contributed by atoms with Crippen LogP contribution in [0.3, 0.4) is 0 Å². The molecule has 0 aliphatic carbocycles. The smallest absolute Gasteiger partial charge is 0.344 e. The van der Waals surface area contributed by atoms with E-state index < -0.39 is 22.8 Å². The number of aromatic nitrogens is 1. The highest BCUT2D eigenvalue weighted by molar-refractivity contribution is 7.79. The Balaban J connectivity index is 2.31. The summed E-state index contributed by atoms with van der Waals surface area (Å²) in [5.41, 5.74) is -0.217. The topological polar surface area (TPSA) is 63.3 Å². The average Bonchev–Trinajstić information content (AvgIpc) is 2.77. The molecule has 1 heterocycles. The molecule has 0 radical (unpaired) electrons. The van der Waals surface area contributed by atoms with Crippen molar-refractivity contribution < 1.29 is 26.5 Å². The summed E-state index contributed by atoms with van der Waals surface area (Å²) < 4.78 is 60.9. The lowest BCUT2D eigenvalue weighted by atomic mass is 10.1. The van der Waals surface area contributed by atoms with Gasteiger partial charge in [0.2, 0.25) is 11.1 Å². The van der Waals surface area contributed by atoms with E-state index >= 15 is 0 Å². The summed E-state index contributed by atoms with van der Waals surface area (Å²) in [5.74, 6) is 0. The van der Waals surface area contributed by atoms with E-state index in [1.807, 2.05) is 0 Å². The zero-order valence-corrected chi connectivity index (χ0v) is 9.46. The highest BCUT2D eigenvalue weighted by Crippen LogP contribution is 2.30. The van der Waals surface area contributed by atoms with Gasteiger partial charge in [-0.1, -0.05) is 17.3 Å². The fourth-order valence-electron chi connectivity index (χ4n) is 1.31. The Kier molecular flexibility index (Phi) is 3.22. The molecule has 1 N–H and O–H groups in total. The SMILES string of the molecule is O=S(O)c1cc(-c2ccc(C(F)(F)F)cc2)no1. The van der Waals surface area contributed by atoms with E-state index in [2.05, 4.69) is 9.68 Å². The van der Waals surface area contributed by atoms with Crippen molar-refractivity contribution in [3.05, 3.63) is 35.9 Å². The molecule has 96 valence electrons. The number of hydrogen-bond acceptors (Lipinski definition) is 3. The van der Waals surface area contributed by atoms with Crippen LogP contribution in [0.1, 0.15) is 5.56 Å². The standard InChI is InChI=1S/C10H6F3NO3S/c11-10(12,13)7-3-1-6(2-4-7)8-5-9(17-14-8)18(15)16/h1-5H,(H,15,16). The summed E-state index contributed by atoms with van der Waals surface area (Å²) in [4.78, 5) is 0. The van der Waals surface area contributed by atoms with Gasteiger partial charge in [0.15, 0.2) is 0 Å². The second kappa shape index (κ2) is 4.54. The largest absolute Gasteiger partial charge is 0.416 e. The molecule has 1 atom stereocenters. The molecule has 1 unspecified atom stereocenters. The Hall–Kier alpha value is -1.67. The van der Waals surface area contributed by atoms with Crippen molar-refractivity contribution in [2.24, 2.45) is 0 Å². The molecule has 0 saturated heterocycles. The third kappa shape index (κ3) is 2.59. The maximum atomic E-state index is 12.3. The normalized spacial score (nSPS) is 13.6. The first kappa shape index (κ1) is 12.8. The quantitative estimate of drug-likeness (QED) is 0.857. The van der Waals surface area contributed by atoms with Crippen molar-refractivity contribution in [3.63, 3.8) is 0 Å². The van der Waals surface area contributed by atoms with E-state index in [-0.39, 0.29) is 10.8 Å². The van der Waals surface area contributed by atoms with Crippen molar-refractivity contribution in [1.29, 1.82) is 0 Å². The van der Waals surface area contributed by atoms with E-state index in [0.717, 1.165) is 12.1 Å². The first-order valence-corrected chi connectivity index (χ1v) is 5.74. The first-order valence-electron chi connectivity index (χ1n) is 4.63. The minimum absolute atomic E-state index is 0.195. The summed E-state index contributed by atoms with van der Waals surface area (Å²) in [6.07, 6.45) is -4.40. The summed E-state index contributed by atoms with van der Waals surface area (Å²) in [6, 6.07) is 5.42. The average molecular weight is 277 g/mol. The van der Waals surface area contributed by atoms with Gasteiger partial charge in [0.25, 0.3) is 5.09 Å². The van der Waals surface area contributed by atoms with Gasteiger partial charge in [0, 0.05) is 11.6 Å². The molecule has 0 aliphatic rings. The number of rotatable bonds is 2. The van der Waals surface area contributed by atoms with Crippen LogP contribution in [0.5, 0.6) is 0 Å². The number of halogens is 3. The van der Waals surface area contributed by atoms with Crippen LogP contribution in [0.4, 0.5) is 13.2 Å². The molecule has 8 heteroatoms. The summed E-state index contributed by atoms with van der Waals surface area (Å²) in [6.45, 7) is 0. The highest BCUT2D eigenvalue weighted by atomic mass is 32.2. The van der Waals surface area contributed by atoms with Crippen LogP contribution in [0.15, 0.2) is 39.9 Å². The van der Waals surface area contributed by atoms with Gasteiger partial charge in [0.05, 0.1) is 5.56 Å². The Morgan fingerprint density at radius 3 is 2.28 bits per heavy atom. The molecule has 2 aromatic rings. The molecule has 1 aromatic carbocycles. The van der Waals surface area contributed by atoms with Gasteiger partial charge in [-0.3, -0.25) is 4.55 Å². The van der Waals surface area contributed by atoms with Crippen LogP contribution < -0.4 is 0 Å². The lowest BCUT2D eigenvalue weighted by Gasteiger charge is -2.06. The van der Waals surface area contributed by atoms with Crippen molar-refractivity contribution in [1.82, 2.24) is 5.16 Å². The molecule has 4 nitrogen and oxygen atoms in total. The van der Waals surface area contributed by atoms with E-state index in [9.17, 15) is 17.4 Å². The van der Waals surface area contributed by atoms with Crippen molar-refractivity contribution >= 4 is 11.1 Å². The molecule has 0 amide bonds. The van der Waals surface area contributed by atoms with Crippen LogP contribution in [-0.2, 0) is 17.3 Å². The third-order valence-electron chi connectivity index (χ3n) is 2.17. The van der Waals surface area contributed by atoms with Gasteiger partial charge in [-0.2, -0.15) is 13.2 Å². The zero-order chi connectivity index (χ0) is 13.3. The van der Waals surface area contributed by atoms with Crippen LogP contribution in [0.2, 0.25) is 0 Å². The van der Waals surface area contributed by atoms with Crippen molar-refractivity contribution in [2.45, 2.75) is 11.3 Å². The molecule has 0 bridgehead atoms. The number of alkyl halides is 3. The number of nitrogens with zero attached hydrogens (tertiary/aromatic N) is 1. The highest BCUT2D eigenvalue weighted by Gasteiger charge is 2.30. The van der Waals surface area contributed by atoms with E-state index in [1.54, 1.807) is 0 Å². The van der Waals surface area contributed by atoms with E-state index in [1.165, 1.54) is 18.2 Å². The lowest BCUT2D eigenvalue weighted by Crippen LogP contribution is -2.03. The Bertz CT molecular complexity index is 577. The van der Waals surface area contributed by atoms with Crippen molar-refractivity contribution in [2.75, 3.05) is 0 Å². The minimum Gasteiger partial charge on any atom is -0.344 e. The molecule has 1 aromatic heterocycles. The second-order valence-corrected chi connectivity index (χ2v) is 4.26. The van der Waals surface area contributed by atoms with Crippen LogP contribution >= 0.6 is 0 Å². The van der Waals surface area contributed by atoms with E-state index in [0.29, 0.717) is 5.56 Å². The Morgan fingerprint density at radius 2 is 1.83 bits per heavy atom. The van der Waals surface area contributed by atoms with Crippen LogP contribution in [0, 0.1) is 0 Å². The first-order chi connectivity index (χ1) is 8.38. The maximum Gasteiger partial charge on any atom is 0.416 e. The van der Waals surface area contributed by atoms with Crippen LogP contribution in [-0.4, -0.2) is 13.9 Å². The maximum absolute atomic E-state index is 12.3. The summed E-state index contributed by atoms with van der Waals surface area (Å²) in [7, 11) is 0. The number of benzene rings is 1. The molecule has 18 heavy (non-hydrogen) atoms.